The fourth-order valence-electron chi connectivity index (χ4n) is 2.40. The van der Waals surface area contributed by atoms with Crippen LogP contribution in [0.4, 0.5) is 5.69 Å². The third kappa shape index (κ3) is 2.23. The lowest BCUT2D eigenvalue weighted by atomic mass is 10.1. The van der Waals surface area contributed by atoms with Gasteiger partial charge in [-0.25, -0.2) is 0 Å². The molecule has 0 N–H and O–H groups in total. The van der Waals surface area contributed by atoms with Crippen LogP contribution < -0.4 is 4.90 Å². The number of amides is 1. The van der Waals surface area contributed by atoms with Crippen molar-refractivity contribution in [1.82, 2.24) is 10.1 Å². The maximum absolute atomic E-state index is 12.1. The smallest absolute Gasteiger partial charge is 0.232 e. The average molecular weight is 257 g/mol. The minimum absolute atomic E-state index is 0.00536. The molecule has 1 aliphatic heterocycles. The molecule has 1 aromatic heterocycles. The van der Waals surface area contributed by atoms with Gasteiger partial charge in [-0.1, -0.05) is 17.3 Å². The monoisotopic (exact) mass is 257 g/mol. The van der Waals surface area contributed by atoms with E-state index in [2.05, 4.69) is 10.1 Å². The zero-order chi connectivity index (χ0) is 13.4. The van der Waals surface area contributed by atoms with Gasteiger partial charge in [-0.2, -0.15) is 4.98 Å². The van der Waals surface area contributed by atoms with Crippen LogP contribution in [-0.4, -0.2) is 22.6 Å². The van der Waals surface area contributed by atoms with Gasteiger partial charge >= 0.3 is 0 Å². The number of carbonyl (C=O) groups is 1. The number of rotatable bonds is 2. The number of hydrogen-bond donors (Lipinski definition) is 0. The minimum atomic E-state index is -0.00536. The summed E-state index contributed by atoms with van der Waals surface area (Å²) in [5.41, 5.74) is 2.08. The Bertz CT molecular complexity index is 621. The molecule has 1 saturated heterocycles. The van der Waals surface area contributed by atoms with E-state index in [0.717, 1.165) is 11.3 Å². The van der Waals surface area contributed by atoms with Crippen LogP contribution in [0.25, 0.3) is 0 Å². The molecule has 98 valence electrons. The summed E-state index contributed by atoms with van der Waals surface area (Å²) < 4.78 is 5.16. The van der Waals surface area contributed by atoms with Gasteiger partial charge in [0, 0.05) is 18.7 Å². The minimum Gasteiger partial charge on any atom is -0.339 e. The number of aromatic nitrogens is 2. The van der Waals surface area contributed by atoms with E-state index in [-0.39, 0.29) is 11.8 Å². The molecular weight excluding hydrogens is 242 g/mol. The Morgan fingerprint density at radius 3 is 2.89 bits per heavy atom. The highest BCUT2D eigenvalue weighted by molar-refractivity contribution is 5.96. The summed E-state index contributed by atoms with van der Waals surface area (Å²) in [6.07, 6.45) is 0.426. The van der Waals surface area contributed by atoms with Crippen molar-refractivity contribution >= 4 is 11.6 Å². The second kappa shape index (κ2) is 4.50. The maximum Gasteiger partial charge on any atom is 0.232 e. The Kier molecular flexibility index (Phi) is 2.81. The molecule has 2 heterocycles. The Balaban J connectivity index is 1.84. The first-order chi connectivity index (χ1) is 9.13. The Morgan fingerprint density at radius 2 is 2.21 bits per heavy atom. The van der Waals surface area contributed by atoms with Gasteiger partial charge in [0.15, 0.2) is 5.82 Å². The van der Waals surface area contributed by atoms with Gasteiger partial charge in [0.1, 0.15) is 0 Å². The number of hydrogen-bond acceptors (Lipinski definition) is 4. The lowest BCUT2D eigenvalue weighted by molar-refractivity contribution is -0.117. The molecule has 0 saturated carbocycles. The van der Waals surface area contributed by atoms with E-state index in [4.69, 9.17) is 4.52 Å². The second-order valence-electron chi connectivity index (χ2n) is 4.92. The van der Waals surface area contributed by atoms with Crippen LogP contribution in [0.3, 0.4) is 0 Å². The second-order valence-corrected chi connectivity index (χ2v) is 4.92. The van der Waals surface area contributed by atoms with Gasteiger partial charge in [0.05, 0.1) is 5.92 Å². The van der Waals surface area contributed by atoms with Gasteiger partial charge in [0.2, 0.25) is 11.8 Å². The molecule has 5 heteroatoms. The number of nitrogens with zero attached hydrogens (tertiary/aromatic N) is 3. The first kappa shape index (κ1) is 11.9. The van der Waals surface area contributed by atoms with Crippen molar-refractivity contribution in [2.45, 2.75) is 26.2 Å². The van der Waals surface area contributed by atoms with Gasteiger partial charge < -0.3 is 9.42 Å². The fraction of sp³-hybridized carbons (Fsp3) is 0.357. The van der Waals surface area contributed by atoms with Gasteiger partial charge in [-0.05, 0) is 31.5 Å². The summed E-state index contributed by atoms with van der Waals surface area (Å²) in [5.74, 6) is 1.26. The molecule has 1 unspecified atom stereocenters. The van der Waals surface area contributed by atoms with E-state index < -0.39 is 0 Å². The topological polar surface area (TPSA) is 59.2 Å². The quantitative estimate of drug-likeness (QED) is 0.827. The SMILES string of the molecule is Cc1cccc(N2CC(c3nc(C)no3)CC2=O)c1. The molecule has 0 aliphatic carbocycles. The van der Waals surface area contributed by atoms with Gasteiger partial charge in [-0.15, -0.1) is 0 Å². The molecule has 0 radical (unpaired) electrons. The zero-order valence-electron chi connectivity index (χ0n) is 11.0. The van der Waals surface area contributed by atoms with Crippen molar-refractivity contribution in [3.05, 3.63) is 41.5 Å². The van der Waals surface area contributed by atoms with Crippen LogP contribution in [0.15, 0.2) is 28.8 Å². The number of aryl methyl sites for hydroxylation is 2. The fourth-order valence-corrected chi connectivity index (χ4v) is 2.40. The van der Waals surface area contributed by atoms with Crippen LogP contribution >= 0.6 is 0 Å². The van der Waals surface area contributed by atoms with Crippen LogP contribution in [0.5, 0.6) is 0 Å². The molecule has 1 fully saturated rings. The summed E-state index contributed by atoms with van der Waals surface area (Å²) >= 11 is 0. The van der Waals surface area contributed by atoms with E-state index in [0.29, 0.717) is 24.7 Å². The zero-order valence-corrected chi connectivity index (χ0v) is 11.0. The lowest BCUT2D eigenvalue weighted by Gasteiger charge is -2.16. The van der Waals surface area contributed by atoms with Crippen LogP contribution in [0.2, 0.25) is 0 Å². The predicted molar refractivity (Wildman–Crippen MR) is 69.9 cm³/mol. The normalized spacial score (nSPS) is 19.2. The van der Waals surface area contributed by atoms with Crippen LogP contribution in [-0.2, 0) is 4.79 Å². The van der Waals surface area contributed by atoms with Gasteiger partial charge in [-0.3, -0.25) is 4.79 Å². The molecule has 5 nitrogen and oxygen atoms in total. The third-order valence-electron chi connectivity index (χ3n) is 3.33. The van der Waals surface area contributed by atoms with E-state index in [1.165, 1.54) is 0 Å². The molecule has 19 heavy (non-hydrogen) atoms. The van der Waals surface area contributed by atoms with Gasteiger partial charge in [0.25, 0.3) is 0 Å². The highest BCUT2D eigenvalue weighted by Gasteiger charge is 2.34. The van der Waals surface area contributed by atoms with Crippen LogP contribution in [0.1, 0.15) is 29.6 Å². The van der Waals surface area contributed by atoms with Crippen molar-refractivity contribution in [2.75, 3.05) is 11.4 Å². The van der Waals surface area contributed by atoms with Crippen molar-refractivity contribution in [2.24, 2.45) is 0 Å². The largest absolute Gasteiger partial charge is 0.339 e. The van der Waals surface area contributed by atoms with E-state index >= 15 is 0 Å². The van der Waals surface area contributed by atoms with Crippen molar-refractivity contribution < 1.29 is 9.32 Å². The molecular formula is C14H15N3O2. The van der Waals surface area contributed by atoms with Crippen molar-refractivity contribution in [3.63, 3.8) is 0 Å². The Morgan fingerprint density at radius 1 is 1.37 bits per heavy atom. The summed E-state index contributed by atoms with van der Waals surface area (Å²) in [6.45, 7) is 4.40. The molecule has 2 aromatic rings. The van der Waals surface area contributed by atoms with E-state index in [1.54, 1.807) is 11.8 Å². The Labute approximate surface area is 111 Å². The molecule has 1 aliphatic rings. The molecule has 0 spiro atoms. The summed E-state index contributed by atoms with van der Waals surface area (Å²) in [7, 11) is 0. The molecule has 1 aromatic carbocycles. The molecule has 0 bridgehead atoms. The number of anilines is 1. The van der Waals surface area contributed by atoms with Crippen molar-refractivity contribution in [1.29, 1.82) is 0 Å². The van der Waals surface area contributed by atoms with Crippen molar-refractivity contribution in [3.8, 4) is 0 Å². The first-order valence-corrected chi connectivity index (χ1v) is 6.31. The van der Waals surface area contributed by atoms with E-state index in [1.807, 2.05) is 31.2 Å². The van der Waals surface area contributed by atoms with E-state index in [9.17, 15) is 4.79 Å². The Hall–Kier alpha value is -2.17. The first-order valence-electron chi connectivity index (χ1n) is 6.31. The highest BCUT2D eigenvalue weighted by atomic mass is 16.5. The lowest BCUT2D eigenvalue weighted by Crippen LogP contribution is -2.24. The predicted octanol–water partition coefficient (Wildman–Crippen LogP) is 2.21. The summed E-state index contributed by atoms with van der Waals surface area (Å²) in [5, 5.41) is 3.78. The third-order valence-corrected chi connectivity index (χ3v) is 3.33. The number of benzene rings is 1. The summed E-state index contributed by atoms with van der Waals surface area (Å²) in [4.78, 5) is 18.1. The molecule has 1 amide bonds. The average Bonchev–Trinajstić information content (AvgIpc) is 2.95. The molecule has 1 atom stereocenters. The number of carbonyl (C=O) groups excluding carboxylic acids is 1. The summed E-state index contributed by atoms with van der Waals surface area (Å²) in [6, 6.07) is 7.94. The highest BCUT2D eigenvalue weighted by Crippen LogP contribution is 2.31. The maximum atomic E-state index is 12.1. The standard InChI is InChI=1S/C14H15N3O2/c1-9-4-3-5-12(6-9)17-8-11(7-13(17)18)14-15-10(2)16-19-14/h3-6,11H,7-8H2,1-2H3. The van der Waals surface area contributed by atoms with Crippen LogP contribution in [0, 0.1) is 13.8 Å². The molecule has 3 rings (SSSR count).